The van der Waals surface area contributed by atoms with Crippen LogP contribution in [-0.4, -0.2) is 11.0 Å². The van der Waals surface area contributed by atoms with Crippen molar-refractivity contribution in [3.05, 3.63) is 23.9 Å². The number of halogens is 3. The summed E-state index contributed by atoms with van der Waals surface area (Å²) in [5.74, 6) is -0.199. The number of hydrazine groups is 1. The highest BCUT2D eigenvalue weighted by molar-refractivity contribution is 5.44. The molecule has 0 fully saturated rings. The van der Waals surface area contributed by atoms with E-state index >= 15 is 0 Å². The molecule has 2 N–H and O–H groups in total. The van der Waals surface area contributed by atoms with Gasteiger partial charge in [0.15, 0.2) is 5.82 Å². The highest BCUT2D eigenvalue weighted by atomic mass is 19.4. The maximum absolute atomic E-state index is 12.5. The molecule has 0 aliphatic carbocycles. The summed E-state index contributed by atoms with van der Waals surface area (Å²) in [6, 6.07) is 2.33. The molecule has 6 heteroatoms. The van der Waals surface area contributed by atoms with Crippen molar-refractivity contribution in [2.24, 2.45) is 0 Å². The van der Waals surface area contributed by atoms with Crippen LogP contribution in [0.4, 0.5) is 19.0 Å². The number of alkyl halides is 3. The third-order valence-electron chi connectivity index (χ3n) is 2.16. The summed E-state index contributed by atoms with van der Waals surface area (Å²) in [5.41, 5.74) is 4.47. The second kappa shape index (κ2) is 5.16. The predicted octanol–water partition coefficient (Wildman–Crippen LogP) is 2.82. The van der Waals surface area contributed by atoms with E-state index in [2.05, 4.69) is 15.8 Å². The minimum Gasteiger partial charge on any atom is -0.305 e. The Morgan fingerprint density at radius 1 is 1.44 bits per heavy atom. The Hall–Kier alpha value is -1.30. The Balaban J connectivity index is 2.80. The molecular weight excluding hydrogens is 219 g/mol. The zero-order chi connectivity index (χ0) is 12.2. The molecule has 1 unspecified atom stereocenters. The molecule has 0 aliphatic heterocycles. The van der Waals surface area contributed by atoms with E-state index < -0.39 is 11.7 Å². The highest BCUT2D eigenvalue weighted by Crippen LogP contribution is 2.32. The van der Waals surface area contributed by atoms with Gasteiger partial charge in [-0.3, -0.25) is 0 Å². The van der Waals surface area contributed by atoms with Crippen LogP contribution in [0.25, 0.3) is 0 Å². The van der Waals surface area contributed by atoms with Crippen LogP contribution >= 0.6 is 0 Å². The van der Waals surface area contributed by atoms with Gasteiger partial charge >= 0.3 is 6.18 Å². The van der Waals surface area contributed by atoms with E-state index in [1.54, 1.807) is 0 Å². The molecule has 0 aromatic carbocycles. The van der Waals surface area contributed by atoms with Crippen molar-refractivity contribution >= 4 is 5.82 Å². The first-order valence-corrected chi connectivity index (χ1v) is 4.99. The minimum atomic E-state index is -4.40. The lowest BCUT2D eigenvalue weighted by Gasteiger charge is -2.16. The van der Waals surface area contributed by atoms with Gasteiger partial charge in [0.05, 0.1) is 5.56 Å². The van der Waals surface area contributed by atoms with Crippen molar-refractivity contribution < 1.29 is 13.2 Å². The molecule has 1 rings (SSSR count). The Morgan fingerprint density at radius 3 is 2.69 bits per heavy atom. The normalized spacial score (nSPS) is 13.6. The van der Waals surface area contributed by atoms with Gasteiger partial charge in [-0.05, 0) is 25.5 Å². The molecule has 0 radical (unpaired) electrons. The van der Waals surface area contributed by atoms with Gasteiger partial charge in [0.1, 0.15) is 0 Å². The lowest BCUT2D eigenvalue weighted by molar-refractivity contribution is -0.137. The standard InChI is InChI=1S/C10H14F3N3/c1-3-7(2)15-16-9-8(10(11,12)13)5-4-6-14-9/h4-7,15H,3H2,1-2H3,(H,14,16). The third-order valence-corrected chi connectivity index (χ3v) is 2.16. The molecule has 90 valence electrons. The van der Waals surface area contributed by atoms with E-state index in [0.29, 0.717) is 0 Å². The van der Waals surface area contributed by atoms with Gasteiger partial charge in [-0.15, -0.1) is 0 Å². The number of pyridine rings is 1. The summed E-state index contributed by atoms with van der Waals surface area (Å²) < 4.78 is 37.6. The van der Waals surface area contributed by atoms with Crippen molar-refractivity contribution in [3.8, 4) is 0 Å². The van der Waals surface area contributed by atoms with Crippen LogP contribution in [0.5, 0.6) is 0 Å². The van der Waals surface area contributed by atoms with Crippen LogP contribution < -0.4 is 10.9 Å². The van der Waals surface area contributed by atoms with Crippen molar-refractivity contribution in [1.29, 1.82) is 0 Å². The number of rotatable bonds is 4. The summed E-state index contributed by atoms with van der Waals surface area (Å²) in [7, 11) is 0. The van der Waals surface area contributed by atoms with Crippen molar-refractivity contribution in [2.45, 2.75) is 32.5 Å². The average molecular weight is 233 g/mol. The number of hydrogen-bond acceptors (Lipinski definition) is 3. The lowest BCUT2D eigenvalue weighted by Crippen LogP contribution is -2.32. The van der Waals surface area contributed by atoms with E-state index in [1.807, 2.05) is 13.8 Å². The zero-order valence-corrected chi connectivity index (χ0v) is 9.10. The third kappa shape index (κ3) is 3.37. The average Bonchev–Trinajstić information content (AvgIpc) is 2.25. The number of nitrogens with one attached hydrogen (secondary N) is 2. The molecule has 1 heterocycles. The molecule has 0 aliphatic rings. The Morgan fingerprint density at radius 2 is 2.12 bits per heavy atom. The fraction of sp³-hybridized carbons (Fsp3) is 0.500. The van der Waals surface area contributed by atoms with E-state index in [1.165, 1.54) is 12.3 Å². The first-order chi connectivity index (χ1) is 7.45. The fourth-order valence-corrected chi connectivity index (χ4v) is 1.03. The van der Waals surface area contributed by atoms with Crippen LogP contribution in [0.2, 0.25) is 0 Å². The van der Waals surface area contributed by atoms with E-state index in [-0.39, 0.29) is 11.9 Å². The van der Waals surface area contributed by atoms with Crippen LogP contribution in [0.1, 0.15) is 25.8 Å². The van der Waals surface area contributed by atoms with Crippen LogP contribution in [-0.2, 0) is 6.18 Å². The first kappa shape index (κ1) is 12.8. The number of anilines is 1. The van der Waals surface area contributed by atoms with Gasteiger partial charge < -0.3 is 5.43 Å². The summed E-state index contributed by atoms with van der Waals surface area (Å²) in [6.07, 6.45) is -2.27. The summed E-state index contributed by atoms with van der Waals surface area (Å²) in [4.78, 5) is 3.66. The molecule has 0 amide bonds. The van der Waals surface area contributed by atoms with E-state index in [0.717, 1.165) is 12.5 Å². The molecular formula is C10H14F3N3. The zero-order valence-electron chi connectivity index (χ0n) is 9.10. The van der Waals surface area contributed by atoms with Gasteiger partial charge in [-0.25, -0.2) is 10.4 Å². The van der Waals surface area contributed by atoms with Crippen molar-refractivity contribution in [2.75, 3.05) is 5.43 Å². The lowest BCUT2D eigenvalue weighted by atomic mass is 10.2. The molecule has 0 bridgehead atoms. The molecule has 0 spiro atoms. The maximum atomic E-state index is 12.5. The Labute approximate surface area is 92.0 Å². The van der Waals surface area contributed by atoms with Gasteiger partial charge in [-0.1, -0.05) is 6.92 Å². The van der Waals surface area contributed by atoms with Crippen LogP contribution in [0.15, 0.2) is 18.3 Å². The molecule has 0 saturated heterocycles. The maximum Gasteiger partial charge on any atom is 0.419 e. The number of nitrogens with zero attached hydrogens (tertiary/aromatic N) is 1. The monoisotopic (exact) mass is 233 g/mol. The predicted molar refractivity (Wildman–Crippen MR) is 55.8 cm³/mol. The molecule has 3 nitrogen and oxygen atoms in total. The molecule has 1 atom stereocenters. The summed E-state index contributed by atoms with van der Waals surface area (Å²) >= 11 is 0. The van der Waals surface area contributed by atoms with Crippen LogP contribution in [0.3, 0.4) is 0 Å². The van der Waals surface area contributed by atoms with Gasteiger partial charge in [0.2, 0.25) is 0 Å². The van der Waals surface area contributed by atoms with Crippen LogP contribution in [0, 0.1) is 0 Å². The molecule has 1 aromatic rings. The van der Waals surface area contributed by atoms with E-state index in [9.17, 15) is 13.2 Å². The smallest absolute Gasteiger partial charge is 0.305 e. The molecule has 16 heavy (non-hydrogen) atoms. The fourth-order valence-electron chi connectivity index (χ4n) is 1.03. The largest absolute Gasteiger partial charge is 0.419 e. The topological polar surface area (TPSA) is 37.0 Å². The molecule has 0 saturated carbocycles. The Bertz CT molecular complexity index is 338. The van der Waals surface area contributed by atoms with Crippen molar-refractivity contribution in [3.63, 3.8) is 0 Å². The highest BCUT2D eigenvalue weighted by Gasteiger charge is 2.34. The van der Waals surface area contributed by atoms with Gasteiger partial charge in [0.25, 0.3) is 0 Å². The summed E-state index contributed by atoms with van der Waals surface area (Å²) in [6.45, 7) is 3.80. The second-order valence-electron chi connectivity index (χ2n) is 3.48. The second-order valence-corrected chi connectivity index (χ2v) is 3.48. The Kier molecular flexibility index (Phi) is 4.12. The molecule has 1 aromatic heterocycles. The minimum absolute atomic E-state index is 0.0723. The number of hydrogen-bond donors (Lipinski definition) is 2. The number of aromatic nitrogens is 1. The first-order valence-electron chi connectivity index (χ1n) is 4.99. The quantitative estimate of drug-likeness (QED) is 0.785. The SMILES string of the molecule is CCC(C)NNc1ncccc1C(F)(F)F. The van der Waals surface area contributed by atoms with Crippen molar-refractivity contribution in [1.82, 2.24) is 10.4 Å². The van der Waals surface area contributed by atoms with Gasteiger partial charge in [0, 0.05) is 12.2 Å². The van der Waals surface area contributed by atoms with E-state index in [4.69, 9.17) is 0 Å². The van der Waals surface area contributed by atoms with Gasteiger partial charge in [-0.2, -0.15) is 13.2 Å². The summed E-state index contributed by atoms with van der Waals surface area (Å²) in [5, 5.41) is 0.